The quantitative estimate of drug-likeness (QED) is 0.525. The van der Waals surface area contributed by atoms with Crippen molar-refractivity contribution in [2.45, 2.75) is 45.2 Å². The Morgan fingerprint density at radius 3 is 2.35 bits per heavy atom. The Morgan fingerprint density at radius 2 is 1.71 bits per heavy atom. The number of halogens is 4. The second-order valence-electron chi connectivity index (χ2n) is 8.86. The molecule has 1 amide bonds. The molecule has 7 heteroatoms. The van der Waals surface area contributed by atoms with Gasteiger partial charge in [-0.25, -0.2) is 0 Å². The zero-order chi connectivity index (χ0) is 22.6. The monoisotopic (exact) mass is 447 g/mol. The van der Waals surface area contributed by atoms with Gasteiger partial charge in [-0.15, -0.1) is 0 Å². The Kier molecular flexibility index (Phi) is 5.24. The molecule has 0 bridgehead atoms. The van der Waals surface area contributed by atoms with E-state index in [0.717, 1.165) is 23.8 Å². The molecule has 1 aliphatic heterocycles. The topological polar surface area (TPSA) is 37.4 Å². The number of Topliss-reactive ketones (excluding diaryl/α,β-unsaturated/α-hetero) is 1. The highest BCUT2D eigenvalue weighted by molar-refractivity contribution is 6.34. The van der Waals surface area contributed by atoms with E-state index in [1.807, 2.05) is 44.2 Å². The van der Waals surface area contributed by atoms with Crippen molar-refractivity contribution in [3.8, 4) is 0 Å². The molecule has 4 rings (SSSR count). The van der Waals surface area contributed by atoms with E-state index < -0.39 is 23.1 Å². The van der Waals surface area contributed by atoms with E-state index in [-0.39, 0.29) is 28.8 Å². The van der Waals surface area contributed by atoms with E-state index in [1.54, 1.807) is 0 Å². The molecule has 0 fully saturated rings. The van der Waals surface area contributed by atoms with E-state index in [9.17, 15) is 22.8 Å². The lowest BCUT2D eigenvalue weighted by Gasteiger charge is -2.43. The normalized spacial score (nSPS) is 21.4. The minimum Gasteiger partial charge on any atom is -0.294 e. The van der Waals surface area contributed by atoms with Crippen molar-refractivity contribution in [3.63, 3.8) is 0 Å². The highest BCUT2D eigenvalue weighted by Gasteiger charge is 2.45. The molecule has 162 valence electrons. The summed E-state index contributed by atoms with van der Waals surface area (Å²) in [7, 11) is 0. The standard InChI is InChI=1S/C24H21ClF3NO2/c1-23(2)12-19-22(20(30)13-23)16(14-6-4-3-5-7-14)11-21(31)29(19)18-10-15(24(26,27)28)8-9-17(18)25/h3-10,16H,11-13H2,1-2H3. The fourth-order valence-corrected chi connectivity index (χ4v) is 4.73. The minimum atomic E-state index is -4.58. The zero-order valence-corrected chi connectivity index (χ0v) is 17.8. The largest absolute Gasteiger partial charge is 0.416 e. The number of allylic oxidation sites excluding steroid dienone is 2. The van der Waals surface area contributed by atoms with Crippen LogP contribution in [0.5, 0.6) is 0 Å². The van der Waals surface area contributed by atoms with Gasteiger partial charge < -0.3 is 0 Å². The summed E-state index contributed by atoms with van der Waals surface area (Å²) >= 11 is 6.27. The minimum absolute atomic E-state index is 0.0123. The van der Waals surface area contributed by atoms with E-state index in [4.69, 9.17) is 11.6 Å². The van der Waals surface area contributed by atoms with Gasteiger partial charge >= 0.3 is 6.18 Å². The summed E-state index contributed by atoms with van der Waals surface area (Å²) in [5, 5.41) is 0.0298. The maximum atomic E-state index is 13.4. The third-order valence-electron chi connectivity index (χ3n) is 5.86. The van der Waals surface area contributed by atoms with Gasteiger partial charge in [0.1, 0.15) is 0 Å². The summed E-state index contributed by atoms with van der Waals surface area (Å²) in [5.74, 6) is -0.881. The van der Waals surface area contributed by atoms with Crippen molar-refractivity contribution in [1.29, 1.82) is 0 Å². The lowest BCUT2D eigenvalue weighted by molar-refractivity contribution is -0.137. The van der Waals surface area contributed by atoms with Crippen molar-refractivity contribution in [2.24, 2.45) is 5.41 Å². The fraction of sp³-hybridized carbons (Fsp3) is 0.333. The van der Waals surface area contributed by atoms with Gasteiger partial charge in [0.05, 0.1) is 16.3 Å². The summed E-state index contributed by atoms with van der Waals surface area (Å²) < 4.78 is 40.1. The van der Waals surface area contributed by atoms with Gasteiger partial charge in [-0.1, -0.05) is 55.8 Å². The van der Waals surface area contributed by atoms with Crippen LogP contribution >= 0.6 is 11.6 Å². The SMILES string of the molecule is CC1(C)CC(=O)C2=C(C1)N(c1cc(C(F)(F)F)ccc1Cl)C(=O)CC2c1ccccc1. The van der Waals surface area contributed by atoms with Crippen molar-refractivity contribution in [2.75, 3.05) is 4.90 Å². The number of hydrogen-bond acceptors (Lipinski definition) is 2. The lowest BCUT2D eigenvalue weighted by atomic mass is 9.69. The van der Waals surface area contributed by atoms with Crippen molar-refractivity contribution < 1.29 is 22.8 Å². The van der Waals surface area contributed by atoms with Crippen LogP contribution in [-0.2, 0) is 15.8 Å². The van der Waals surface area contributed by atoms with Gasteiger partial charge in [-0.05, 0) is 35.6 Å². The highest BCUT2D eigenvalue weighted by atomic mass is 35.5. The molecule has 0 spiro atoms. The van der Waals surface area contributed by atoms with Crippen LogP contribution < -0.4 is 4.90 Å². The molecule has 31 heavy (non-hydrogen) atoms. The number of carbonyl (C=O) groups is 2. The first kappa shape index (κ1) is 21.6. The zero-order valence-electron chi connectivity index (χ0n) is 17.1. The Morgan fingerprint density at radius 1 is 1.03 bits per heavy atom. The Balaban J connectivity index is 1.93. The van der Waals surface area contributed by atoms with Crippen molar-refractivity contribution >= 4 is 29.0 Å². The molecule has 2 aliphatic rings. The molecule has 3 nitrogen and oxygen atoms in total. The molecule has 0 saturated heterocycles. The van der Waals surface area contributed by atoms with Crippen LogP contribution in [0.1, 0.15) is 50.2 Å². The smallest absolute Gasteiger partial charge is 0.294 e. The average molecular weight is 448 g/mol. The fourth-order valence-electron chi connectivity index (χ4n) is 4.53. The van der Waals surface area contributed by atoms with Gasteiger partial charge in [0.2, 0.25) is 5.91 Å². The van der Waals surface area contributed by atoms with Crippen LogP contribution in [0, 0.1) is 5.41 Å². The summed E-state index contributed by atoms with van der Waals surface area (Å²) in [6.07, 6.45) is -3.89. The van der Waals surface area contributed by atoms with Crippen LogP contribution in [0.4, 0.5) is 18.9 Å². The average Bonchev–Trinajstić information content (AvgIpc) is 2.67. The number of hydrogen-bond donors (Lipinski definition) is 0. The molecule has 0 radical (unpaired) electrons. The molecule has 2 aromatic carbocycles. The lowest BCUT2D eigenvalue weighted by Crippen LogP contribution is -2.44. The molecular weight excluding hydrogens is 427 g/mol. The number of carbonyl (C=O) groups excluding carboxylic acids is 2. The van der Waals surface area contributed by atoms with E-state index in [0.29, 0.717) is 24.1 Å². The third kappa shape index (κ3) is 4.01. The number of alkyl halides is 3. The number of rotatable bonds is 2. The second kappa shape index (κ2) is 7.52. The number of amides is 1. The molecule has 2 aromatic rings. The van der Waals surface area contributed by atoms with Crippen molar-refractivity contribution in [1.82, 2.24) is 0 Å². The molecular formula is C24H21ClF3NO2. The van der Waals surface area contributed by atoms with Crippen LogP contribution in [0.3, 0.4) is 0 Å². The van der Waals surface area contributed by atoms with E-state index in [1.165, 1.54) is 4.90 Å². The maximum Gasteiger partial charge on any atom is 0.416 e. The van der Waals surface area contributed by atoms with Gasteiger partial charge in [0.15, 0.2) is 5.78 Å². The Labute approximate surface area is 183 Å². The summed E-state index contributed by atoms with van der Waals surface area (Å²) in [6.45, 7) is 3.83. The van der Waals surface area contributed by atoms with E-state index in [2.05, 4.69) is 0 Å². The van der Waals surface area contributed by atoms with Gasteiger partial charge in [0, 0.05) is 30.0 Å². The van der Waals surface area contributed by atoms with E-state index >= 15 is 0 Å². The highest BCUT2D eigenvalue weighted by Crippen LogP contribution is 2.49. The number of benzene rings is 2. The first-order valence-electron chi connectivity index (χ1n) is 9.99. The summed E-state index contributed by atoms with van der Waals surface area (Å²) in [6, 6.07) is 12.2. The number of ketones is 1. The Bertz CT molecular complexity index is 1090. The van der Waals surface area contributed by atoms with Gasteiger partial charge in [-0.2, -0.15) is 13.2 Å². The van der Waals surface area contributed by atoms with Crippen LogP contribution in [0.15, 0.2) is 59.8 Å². The third-order valence-corrected chi connectivity index (χ3v) is 6.18. The first-order valence-corrected chi connectivity index (χ1v) is 10.4. The Hall–Kier alpha value is -2.60. The molecule has 1 unspecified atom stereocenters. The molecule has 0 aromatic heterocycles. The summed E-state index contributed by atoms with van der Waals surface area (Å²) in [5.41, 5.74) is 0.429. The number of nitrogens with zero attached hydrogens (tertiary/aromatic N) is 1. The molecule has 0 saturated carbocycles. The molecule has 1 heterocycles. The maximum absolute atomic E-state index is 13.4. The molecule has 1 aliphatic carbocycles. The van der Waals surface area contributed by atoms with Crippen LogP contribution in [0.25, 0.3) is 0 Å². The van der Waals surface area contributed by atoms with Gasteiger partial charge in [-0.3, -0.25) is 14.5 Å². The van der Waals surface area contributed by atoms with Crippen molar-refractivity contribution in [3.05, 3.63) is 76.0 Å². The first-order chi connectivity index (χ1) is 14.5. The second-order valence-corrected chi connectivity index (χ2v) is 9.27. The van der Waals surface area contributed by atoms with Crippen LogP contribution in [-0.4, -0.2) is 11.7 Å². The van der Waals surface area contributed by atoms with Gasteiger partial charge in [0.25, 0.3) is 0 Å². The van der Waals surface area contributed by atoms with Crippen LogP contribution in [0.2, 0.25) is 5.02 Å². The molecule has 1 atom stereocenters. The number of anilines is 1. The summed E-state index contributed by atoms with van der Waals surface area (Å²) in [4.78, 5) is 27.8. The predicted octanol–water partition coefficient (Wildman–Crippen LogP) is 6.52. The predicted molar refractivity (Wildman–Crippen MR) is 113 cm³/mol. The molecule has 0 N–H and O–H groups in total.